The van der Waals surface area contributed by atoms with E-state index in [1.54, 1.807) is 18.2 Å². The van der Waals surface area contributed by atoms with Gasteiger partial charge in [0.05, 0.1) is 11.3 Å². The van der Waals surface area contributed by atoms with Gasteiger partial charge in [0.2, 0.25) is 0 Å². The minimum atomic E-state index is -0.693. The molecule has 0 aromatic heterocycles. The summed E-state index contributed by atoms with van der Waals surface area (Å²) in [5, 5.41) is 2.30. The number of nitrogen functional groups attached to an aromatic ring is 1. The Morgan fingerprint density at radius 1 is 1.16 bits per heavy atom. The summed E-state index contributed by atoms with van der Waals surface area (Å²) in [5.41, 5.74) is 6.08. The third kappa shape index (κ3) is 2.70. The van der Waals surface area contributed by atoms with Gasteiger partial charge in [-0.3, -0.25) is 4.79 Å². The molecule has 98 valence electrons. The molecule has 5 heteroatoms. The molecule has 0 heterocycles. The van der Waals surface area contributed by atoms with Crippen LogP contribution in [0.1, 0.15) is 15.9 Å². The van der Waals surface area contributed by atoms with E-state index in [2.05, 4.69) is 5.32 Å². The fourth-order valence-electron chi connectivity index (χ4n) is 1.64. The minimum Gasteiger partial charge on any atom is -0.398 e. The van der Waals surface area contributed by atoms with E-state index in [1.807, 2.05) is 0 Å². The van der Waals surface area contributed by atoms with Crippen molar-refractivity contribution < 1.29 is 13.6 Å². The molecule has 19 heavy (non-hydrogen) atoms. The second-order valence-electron chi connectivity index (χ2n) is 4.12. The van der Waals surface area contributed by atoms with Crippen LogP contribution in [0.15, 0.2) is 36.4 Å². The first-order valence-electron chi connectivity index (χ1n) is 5.60. The molecule has 0 saturated carbocycles. The van der Waals surface area contributed by atoms with Crippen LogP contribution < -0.4 is 11.1 Å². The standard InChI is InChI=1S/C14H12F2N2O/c1-8-6-11(16)13(7-10(8)15)18-14(19)9-4-2-3-5-12(9)17/h2-7H,17H2,1H3,(H,18,19). The lowest BCUT2D eigenvalue weighted by atomic mass is 10.1. The van der Waals surface area contributed by atoms with E-state index in [4.69, 9.17) is 5.73 Å². The summed E-state index contributed by atoms with van der Waals surface area (Å²) in [7, 11) is 0. The van der Waals surface area contributed by atoms with Gasteiger partial charge in [-0.15, -0.1) is 0 Å². The first-order valence-corrected chi connectivity index (χ1v) is 5.60. The first-order chi connectivity index (χ1) is 8.99. The van der Waals surface area contributed by atoms with Gasteiger partial charge < -0.3 is 11.1 Å². The van der Waals surface area contributed by atoms with Crippen LogP contribution in [-0.4, -0.2) is 5.91 Å². The topological polar surface area (TPSA) is 55.1 Å². The summed E-state index contributed by atoms with van der Waals surface area (Å²) in [6, 6.07) is 8.35. The van der Waals surface area contributed by atoms with Crippen molar-refractivity contribution in [1.82, 2.24) is 0 Å². The van der Waals surface area contributed by atoms with E-state index in [0.717, 1.165) is 12.1 Å². The van der Waals surface area contributed by atoms with Crippen molar-refractivity contribution in [3.8, 4) is 0 Å². The van der Waals surface area contributed by atoms with Gasteiger partial charge in [-0.2, -0.15) is 0 Å². The number of anilines is 2. The number of para-hydroxylation sites is 1. The van der Waals surface area contributed by atoms with Crippen molar-refractivity contribution in [3.05, 3.63) is 59.2 Å². The lowest BCUT2D eigenvalue weighted by Crippen LogP contribution is -2.15. The van der Waals surface area contributed by atoms with Crippen molar-refractivity contribution in [2.45, 2.75) is 6.92 Å². The number of nitrogens with two attached hydrogens (primary N) is 1. The molecule has 2 aromatic rings. The van der Waals surface area contributed by atoms with Crippen LogP contribution in [0.25, 0.3) is 0 Å². The molecule has 0 aliphatic heterocycles. The van der Waals surface area contributed by atoms with E-state index in [9.17, 15) is 13.6 Å². The molecule has 0 aliphatic carbocycles. The molecule has 0 spiro atoms. The predicted molar refractivity (Wildman–Crippen MR) is 69.9 cm³/mol. The number of rotatable bonds is 2. The van der Waals surface area contributed by atoms with Gasteiger partial charge in [0.15, 0.2) is 0 Å². The van der Waals surface area contributed by atoms with Gasteiger partial charge in [0.1, 0.15) is 11.6 Å². The number of hydrogen-bond donors (Lipinski definition) is 2. The van der Waals surface area contributed by atoms with Crippen LogP contribution >= 0.6 is 0 Å². The number of amides is 1. The van der Waals surface area contributed by atoms with Crippen LogP contribution in [0.5, 0.6) is 0 Å². The van der Waals surface area contributed by atoms with Crippen LogP contribution in [0.4, 0.5) is 20.2 Å². The highest BCUT2D eigenvalue weighted by atomic mass is 19.1. The molecule has 0 unspecified atom stereocenters. The predicted octanol–water partition coefficient (Wildman–Crippen LogP) is 3.11. The molecular weight excluding hydrogens is 250 g/mol. The second kappa shape index (κ2) is 5.06. The van der Waals surface area contributed by atoms with Gasteiger partial charge in [0, 0.05) is 11.8 Å². The molecule has 1 amide bonds. The zero-order chi connectivity index (χ0) is 14.0. The maximum atomic E-state index is 13.6. The highest BCUT2D eigenvalue weighted by Gasteiger charge is 2.13. The highest BCUT2D eigenvalue weighted by Crippen LogP contribution is 2.20. The third-order valence-electron chi connectivity index (χ3n) is 2.70. The van der Waals surface area contributed by atoms with Crippen LogP contribution in [0.2, 0.25) is 0 Å². The van der Waals surface area contributed by atoms with E-state index in [1.165, 1.54) is 13.0 Å². The third-order valence-corrected chi connectivity index (χ3v) is 2.70. The molecule has 0 bridgehead atoms. The molecule has 0 saturated heterocycles. The average molecular weight is 262 g/mol. The summed E-state index contributed by atoms with van der Waals surface area (Å²) in [4.78, 5) is 11.9. The number of benzene rings is 2. The zero-order valence-electron chi connectivity index (χ0n) is 10.2. The number of carbonyl (C=O) groups is 1. The van der Waals surface area contributed by atoms with Crippen molar-refractivity contribution in [1.29, 1.82) is 0 Å². The van der Waals surface area contributed by atoms with E-state index >= 15 is 0 Å². The Labute approximate surface area is 109 Å². The summed E-state index contributed by atoms with van der Waals surface area (Å²) in [6.07, 6.45) is 0. The normalized spacial score (nSPS) is 10.3. The Kier molecular flexibility index (Phi) is 3.46. The maximum absolute atomic E-state index is 13.6. The van der Waals surface area contributed by atoms with Crippen molar-refractivity contribution in [2.75, 3.05) is 11.1 Å². The summed E-state index contributed by atoms with van der Waals surface area (Å²) in [6.45, 7) is 1.44. The molecule has 2 rings (SSSR count). The van der Waals surface area contributed by atoms with E-state index in [-0.39, 0.29) is 22.5 Å². The number of hydrogen-bond acceptors (Lipinski definition) is 2. The monoisotopic (exact) mass is 262 g/mol. The van der Waals surface area contributed by atoms with Crippen LogP contribution in [-0.2, 0) is 0 Å². The Balaban J connectivity index is 2.30. The lowest BCUT2D eigenvalue weighted by molar-refractivity contribution is 0.102. The quantitative estimate of drug-likeness (QED) is 0.817. The van der Waals surface area contributed by atoms with Crippen molar-refractivity contribution in [2.24, 2.45) is 0 Å². The first kappa shape index (κ1) is 13.0. The Morgan fingerprint density at radius 2 is 1.84 bits per heavy atom. The fraction of sp³-hybridized carbons (Fsp3) is 0.0714. The Bertz CT molecular complexity index is 641. The number of carbonyl (C=O) groups excluding carboxylic acids is 1. The van der Waals surface area contributed by atoms with Crippen molar-refractivity contribution in [3.63, 3.8) is 0 Å². The zero-order valence-corrected chi connectivity index (χ0v) is 10.2. The smallest absolute Gasteiger partial charge is 0.257 e. The number of halogens is 2. The van der Waals surface area contributed by atoms with Gasteiger partial charge in [0.25, 0.3) is 5.91 Å². The fourth-order valence-corrected chi connectivity index (χ4v) is 1.64. The largest absolute Gasteiger partial charge is 0.398 e. The molecule has 0 aliphatic rings. The Hall–Kier alpha value is -2.43. The minimum absolute atomic E-state index is 0.176. The molecule has 3 nitrogen and oxygen atoms in total. The van der Waals surface area contributed by atoms with Gasteiger partial charge in [-0.05, 0) is 30.7 Å². The molecule has 2 aromatic carbocycles. The van der Waals surface area contributed by atoms with Gasteiger partial charge in [-0.1, -0.05) is 12.1 Å². The second-order valence-corrected chi connectivity index (χ2v) is 4.12. The van der Waals surface area contributed by atoms with Crippen LogP contribution in [0.3, 0.4) is 0 Å². The summed E-state index contributed by atoms with van der Waals surface area (Å²) >= 11 is 0. The lowest BCUT2D eigenvalue weighted by Gasteiger charge is -2.09. The van der Waals surface area contributed by atoms with Crippen molar-refractivity contribution >= 4 is 17.3 Å². The highest BCUT2D eigenvalue weighted by molar-refractivity contribution is 6.07. The average Bonchev–Trinajstić information content (AvgIpc) is 2.36. The van der Waals surface area contributed by atoms with Gasteiger partial charge in [-0.25, -0.2) is 8.78 Å². The van der Waals surface area contributed by atoms with E-state index < -0.39 is 17.5 Å². The number of nitrogens with one attached hydrogen (secondary N) is 1. The summed E-state index contributed by atoms with van der Waals surface area (Å²) < 4.78 is 26.9. The maximum Gasteiger partial charge on any atom is 0.257 e. The molecular formula is C14H12F2N2O. The van der Waals surface area contributed by atoms with Gasteiger partial charge >= 0.3 is 0 Å². The van der Waals surface area contributed by atoms with E-state index in [0.29, 0.717) is 0 Å². The summed E-state index contributed by atoms with van der Waals surface area (Å²) in [5.74, 6) is -1.86. The molecule has 0 atom stereocenters. The molecule has 0 fully saturated rings. The molecule has 3 N–H and O–H groups in total. The SMILES string of the molecule is Cc1cc(F)c(NC(=O)c2ccccc2N)cc1F. The number of aryl methyl sites for hydroxylation is 1. The molecule has 0 radical (unpaired) electrons. The Morgan fingerprint density at radius 3 is 2.53 bits per heavy atom. The van der Waals surface area contributed by atoms with Crippen LogP contribution in [0, 0.1) is 18.6 Å².